The fourth-order valence-electron chi connectivity index (χ4n) is 2.53. The van der Waals surface area contributed by atoms with Gasteiger partial charge >= 0.3 is 0 Å². The summed E-state index contributed by atoms with van der Waals surface area (Å²) in [7, 11) is 0. The topological polar surface area (TPSA) is 62.6 Å². The number of nitrogens with one attached hydrogen (secondary N) is 1. The second-order valence-corrected chi connectivity index (χ2v) is 6.13. The van der Waals surface area contributed by atoms with E-state index < -0.39 is 5.92 Å². The van der Waals surface area contributed by atoms with Crippen LogP contribution >= 0.6 is 23.2 Å². The summed E-state index contributed by atoms with van der Waals surface area (Å²) in [4.78, 5) is 26.0. The molecule has 1 unspecified atom stereocenters. The van der Waals surface area contributed by atoms with Crippen LogP contribution in [0.1, 0.15) is 12.2 Å². The molecule has 2 aromatic rings. The van der Waals surface area contributed by atoms with E-state index in [0.717, 1.165) is 0 Å². The number of amides is 2. The molecule has 1 saturated heterocycles. The molecular formula is C16H14Cl2N2O3. The second kappa shape index (κ2) is 6.64. The van der Waals surface area contributed by atoms with Crippen LogP contribution in [0.25, 0.3) is 0 Å². The van der Waals surface area contributed by atoms with Crippen LogP contribution < -0.4 is 5.32 Å². The average Bonchev–Trinajstić information content (AvgIpc) is 3.15. The molecule has 23 heavy (non-hydrogen) atoms. The van der Waals surface area contributed by atoms with Gasteiger partial charge in [0.1, 0.15) is 5.76 Å². The minimum absolute atomic E-state index is 0.0706. The first kappa shape index (κ1) is 15.9. The molecule has 1 aliphatic heterocycles. The molecule has 0 aliphatic carbocycles. The molecule has 120 valence electrons. The minimum atomic E-state index is -0.424. The summed E-state index contributed by atoms with van der Waals surface area (Å²) in [5, 5.41) is 3.39. The first-order chi connectivity index (χ1) is 11.0. The van der Waals surface area contributed by atoms with Crippen LogP contribution in [0.3, 0.4) is 0 Å². The van der Waals surface area contributed by atoms with Crippen molar-refractivity contribution in [2.45, 2.75) is 13.0 Å². The maximum absolute atomic E-state index is 12.4. The summed E-state index contributed by atoms with van der Waals surface area (Å²) in [6.45, 7) is 0.719. The summed E-state index contributed by atoms with van der Waals surface area (Å²) >= 11 is 12.0. The van der Waals surface area contributed by atoms with Crippen LogP contribution in [0.5, 0.6) is 0 Å². The van der Waals surface area contributed by atoms with Crippen molar-refractivity contribution in [3.8, 4) is 0 Å². The van der Waals surface area contributed by atoms with Gasteiger partial charge in [-0.25, -0.2) is 0 Å². The number of carbonyl (C=O) groups is 2. The van der Waals surface area contributed by atoms with Crippen LogP contribution in [0.15, 0.2) is 41.0 Å². The number of hydrogen-bond donors (Lipinski definition) is 1. The monoisotopic (exact) mass is 352 g/mol. The van der Waals surface area contributed by atoms with Gasteiger partial charge in [-0.3, -0.25) is 9.59 Å². The molecule has 0 spiro atoms. The predicted molar refractivity (Wildman–Crippen MR) is 87.3 cm³/mol. The smallest absolute Gasteiger partial charge is 0.229 e. The van der Waals surface area contributed by atoms with Gasteiger partial charge in [-0.2, -0.15) is 0 Å². The van der Waals surface area contributed by atoms with E-state index in [1.807, 2.05) is 0 Å². The van der Waals surface area contributed by atoms with Gasteiger partial charge in [0.05, 0.1) is 34.5 Å². The highest BCUT2D eigenvalue weighted by Crippen LogP contribution is 2.30. The molecule has 1 N–H and O–H groups in total. The molecule has 0 radical (unpaired) electrons. The molecule has 7 heteroatoms. The van der Waals surface area contributed by atoms with E-state index in [0.29, 0.717) is 34.6 Å². The van der Waals surface area contributed by atoms with Gasteiger partial charge in [-0.1, -0.05) is 29.3 Å². The molecular weight excluding hydrogens is 339 g/mol. The molecule has 1 aliphatic rings. The summed E-state index contributed by atoms with van der Waals surface area (Å²) in [6.07, 6.45) is 1.73. The summed E-state index contributed by atoms with van der Waals surface area (Å²) in [5.74, 6) is -0.0481. The van der Waals surface area contributed by atoms with E-state index in [-0.39, 0.29) is 18.2 Å². The number of benzene rings is 1. The van der Waals surface area contributed by atoms with Gasteiger partial charge in [-0.15, -0.1) is 0 Å². The van der Waals surface area contributed by atoms with Crippen molar-refractivity contribution in [1.82, 2.24) is 4.90 Å². The van der Waals surface area contributed by atoms with Crippen LogP contribution in [0.2, 0.25) is 10.0 Å². The third kappa shape index (κ3) is 3.51. The van der Waals surface area contributed by atoms with E-state index in [1.165, 1.54) is 0 Å². The maximum atomic E-state index is 12.4. The molecule has 0 saturated carbocycles. The van der Waals surface area contributed by atoms with Crippen molar-refractivity contribution in [3.05, 3.63) is 52.4 Å². The lowest BCUT2D eigenvalue weighted by Crippen LogP contribution is -2.28. The number of hydrogen-bond acceptors (Lipinski definition) is 3. The molecule has 2 amide bonds. The molecule has 2 heterocycles. The van der Waals surface area contributed by atoms with Crippen molar-refractivity contribution in [2.24, 2.45) is 5.92 Å². The zero-order valence-corrected chi connectivity index (χ0v) is 13.6. The molecule has 1 aromatic heterocycles. The Hall–Kier alpha value is -1.98. The van der Waals surface area contributed by atoms with Crippen molar-refractivity contribution in [2.75, 3.05) is 11.9 Å². The SMILES string of the molecule is O=C(Nc1cccc(Cl)c1Cl)C1CC(=O)N(Cc2ccco2)C1. The summed E-state index contributed by atoms with van der Waals surface area (Å²) in [5.41, 5.74) is 0.445. The van der Waals surface area contributed by atoms with Gasteiger partial charge in [0.15, 0.2) is 0 Å². The van der Waals surface area contributed by atoms with E-state index in [9.17, 15) is 9.59 Å². The Morgan fingerprint density at radius 3 is 2.87 bits per heavy atom. The van der Waals surface area contributed by atoms with Crippen LogP contribution in [-0.4, -0.2) is 23.3 Å². The first-order valence-corrected chi connectivity index (χ1v) is 7.85. The number of nitrogens with zero attached hydrogens (tertiary/aromatic N) is 1. The number of carbonyl (C=O) groups excluding carboxylic acids is 2. The molecule has 1 fully saturated rings. The molecule has 5 nitrogen and oxygen atoms in total. The standard InChI is InChI=1S/C16H14Cl2N2O3/c17-12-4-1-5-13(15(12)18)19-16(22)10-7-14(21)20(8-10)9-11-3-2-6-23-11/h1-6,10H,7-9H2,(H,19,22). The van der Waals surface area contributed by atoms with Crippen molar-refractivity contribution < 1.29 is 14.0 Å². The zero-order valence-electron chi connectivity index (χ0n) is 12.1. The van der Waals surface area contributed by atoms with Crippen molar-refractivity contribution in [1.29, 1.82) is 0 Å². The van der Waals surface area contributed by atoms with Gasteiger partial charge in [0.25, 0.3) is 0 Å². The lowest BCUT2D eigenvalue weighted by atomic mass is 10.1. The summed E-state index contributed by atoms with van der Waals surface area (Å²) in [6, 6.07) is 8.58. The Labute approximate surface area is 143 Å². The Bertz CT molecular complexity index is 731. The second-order valence-electron chi connectivity index (χ2n) is 5.35. The number of likely N-dealkylation sites (tertiary alicyclic amines) is 1. The quantitative estimate of drug-likeness (QED) is 0.914. The number of anilines is 1. The van der Waals surface area contributed by atoms with E-state index in [4.69, 9.17) is 27.6 Å². The highest BCUT2D eigenvalue weighted by Gasteiger charge is 2.34. The van der Waals surface area contributed by atoms with Crippen LogP contribution in [0.4, 0.5) is 5.69 Å². The van der Waals surface area contributed by atoms with Crippen LogP contribution in [0, 0.1) is 5.92 Å². The highest BCUT2D eigenvalue weighted by molar-refractivity contribution is 6.44. The van der Waals surface area contributed by atoms with Crippen LogP contribution in [-0.2, 0) is 16.1 Å². The van der Waals surface area contributed by atoms with Gasteiger partial charge in [0, 0.05) is 13.0 Å². The van der Waals surface area contributed by atoms with Crippen molar-refractivity contribution in [3.63, 3.8) is 0 Å². The van der Waals surface area contributed by atoms with Crippen molar-refractivity contribution >= 4 is 40.7 Å². The Morgan fingerprint density at radius 1 is 1.30 bits per heavy atom. The Kier molecular flexibility index (Phi) is 4.59. The Balaban J connectivity index is 1.64. The average molecular weight is 353 g/mol. The van der Waals surface area contributed by atoms with Gasteiger partial charge < -0.3 is 14.6 Å². The Morgan fingerprint density at radius 2 is 2.13 bits per heavy atom. The number of halogens is 2. The van der Waals surface area contributed by atoms with E-state index in [1.54, 1.807) is 41.5 Å². The zero-order chi connectivity index (χ0) is 16.4. The number of rotatable bonds is 4. The number of furan rings is 1. The fourth-order valence-corrected chi connectivity index (χ4v) is 2.87. The minimum Gasteiger partial charge on any atom is -0.467 e. The third-order valence-corrected chi connectivity index (χ3v) is 4.54. The van der Waals surface area contributed by atoms with Gasteiger partial charge in [0.2, 0.25) is 11.8 Å². The molecule has 0 bridgehead atoms. The molecule has 1 atom stereocenters. The largest absolute Gasteiger partial charge is 0.467 e. The van der Waals surface area contributed by atoms with E-state index >= 15 is 0 Å². The predicted octanol–water partition coefficient (Wildman–Crippen LogP) is 3.57. The lowest BCUT2D eigenvalue weighted by molar-refractivity contribution is -0.128. The normalized spacial score (nSPS) is 17.6. The third-order valence-electron chi connectivity index (χ3n) is 3.72. The molecule has 1 aromatic carbocycles. The summed E-state index contributed by atoms with van der Waals surface area (Å²) < 4.78 is 5.24. The van der Waals surface area contributed by atoms with E-state index in [2.05, 4.69) is 5.32 Å². The fraction of sp³-hybridized carbons (Fsp3) is 0.250. The first-order valence-electron chi connectivity index (χ1n) is 7.09. The van der Waals surface area contributed by atoms with Gasteiger partial charge in [-0.05, 0) is 24.3 Å². The maximum Gasteiger partial charge on any atom is 0.229 e. The lowest BCUT2D eigenvalue weighted by Gasteiger charge is -2.15. The molecule has 3 rings (SSSR count). The highest BCUT2D eigenvalue weighted by atomic mass is 35.5.